The maximum absolute atomic E-state index is 13.3. The molecule has 4 aliphatic rings. The smallest absolute Gasteiger partial charge is 0.262 e. The van der Waals surface area contributed by atoms with E-state index in [2.05, 4.69) is 15.1 Å². The van der Waals surface area contributed by atoms with Crippen molar-refractivity contribution in [2.75, 3.05) is 26.2 Å². The molecular formula is C23H29N5O4. The third kappa shape index (κ3) is 3.74. The number of nitrogens with two attached hydrogens (primary N) is 1. The Kier molecular flexibility index (Phi) is 5.56. The van der Waals surface area contributed by atoms with E-state index in [0.717, 1.165) is 55.9 Å². The van der Waals surface area contributed by atoms with Gasteiger partial charge in [0.15, 0.2) is 0 Å². The number of imide groups is 2. The topological polar surface area (TPSA) is 116 Å². The predicted molar refractivity (Wildman–Crippen MR) is 116 cm³/mol. The molecule has 4 aliphatic heterocycles. The molecule has 0 saturated carbocycles. The van der Waals surface area contributed by atoms with Gasteiger partial charge in [-0.25, -0.2) is 0 Å². The van der Waals surface area contributed by atoms with Crippen molar-refractivity contribution in [2.45, 2.75) is 56.8 Å². The van der Waals surface area contributed by atoms with Crippen molar-refractivity contribution < 1.29 is 19.2 Å². The van der Waals surface area contributed by atoms with Crippen LogP contribution in [0.5, 0.6) is 0 Å². The number of likely N-dealkylation sites (tertiary alicyclic amines) is 2. The second kappa shape index (κ2) is 8.38. The molecule has 9 heteroatoms. The monoisotopic (exact) mass is 439 g/mol. The fourth-order valence-electron chi connectivity index (χ4n) is 5.50. The van der Waals surface area contributed by atoms with Gasteiger partial charge in [-0.15, -0.1) is 0 Å². The van der Waals surface area contributed by atoms with Crippen LogP contribution in [0.2, 0.25) is 0 Å². The molecule has 4 heterocycles. The highest BCUT2D eigenvalue weighted by Crippen LogP contribution is 2.31. The molecule has 2 unspecified atom stereocenters. The zero-order chi connectivity index (χ0) is 22.4. The van der Waals surface area contributed by atoms with Crippen molar-refractivity contribution in [1.29, 1.82) is 0 Å². The van der Waals surface area contributed by atoms with Crippen LogP contribution in [0.3, 0.4) is 0 Å². The summed E-state index contributed by atoms with van der Waals surface area (Å²) >= 11 is 0. The molecule has 0 spiro atoms. The number of hydrogen-bond donors (Lipinski definition) is 2. The highest BCUT2D eigenvalue weighted by Gasteiger charge is 2.45. The van der Waals surface area contributed by atoms with Crippen molar-refractivity contribution in [3.05, 3.63) is 34.9 Å². The first-order valence-electron chi connectivity index (χ1n) is 11.5. The Balaban J connectivity index is 1.30. The van der Waals surface area contributed by atoms with Crippen LogP contribution in [0.1, 0.15) is 58.4 Å². The Labute approximate surface area is 186 Å². The van der Waals surface area contributed by atoms with Crippen molar-refractivity contribution >= 4 is 23.6 Å². The molecule has 0 aliphatic carbocycles. The van der Waals surface area contributed by atoms with Crippen LogP contribution >= 0.6 is 0 Å². The summed E-state index contributed by atoms with van der Waals surface area (Å²) in [5.74, 6) is -1.84. The second-order valence-corrected chi connectivity index (χ2v) is 9.34. The first-order valence-corrected chi connectivity index (χ1v) is 11.5. The van der Waals surface area contributed by atoms with Crippen LogP contribution in [0.25, 0.3) is 0 Å². The van der Waals surface area contributed by atoms with Crippen LogP contribution in [0.4, 0.5) is 0 Å². The quantitative estimate of drug-likeness (QED) is 0.639. The first-order chi connectivity index (χ1) is 15.4. The Morgan fingerprint density at radius 1 is 0.969 bits per heavy atom. The standard InChI is InChI=1S/C23H29N5O4/c24-15-6-10-27(11-7-15)16-8-9-26(13-16)12-14-2-1-3-17-20(14)23(32)28(22(17)31)18-4-5-19(29)25-21(18)30/h1-3,15-16,18H,4-13,24H2,(H,25,29,30). The minimum atomic E-state index is -0.936. The van der Waals surface area contributed by atoms with E-state index in [9.17, 15) is 19.2 Å². The van der Waals surface area contributed by atoms with Crippen molar-refractivity contribution in [1.82, 2.24) is 20.0 Å². The summed E-state index contributed by atoms with van der Waals surface area (Å²) < 4.78 is 0. The van der Waals surface area contributed by atoms with E-state index in [1.54, 1.807) is 12.1 Å². The molecule has 5 rings (SSSR count). The molecule has 1 aromatic rings. The second-order valence-electron chi connectivity index (χ2n) is 9.34. The lowest BCUT2D eigenvalue weighted by atomic mass is 10.0. The summed E-state index contributed by atoms with van der Waals surface area (Å²) in [6.45, 7) is 4.53. The van der Waals surface area contributed by atoms with E-state index in [-0.39, 0.29) is 18.7 Å². The highest BCUT2D eigenvalue weighted by atomic mass is 16.2. The maximum atomic E-state index is 13.3. The molecule has 1 aromatic carbocycles. The van der Waals surface area contributed by atoms with E-state index in [1.807, 2.05) is 6.07 Å². The van der Waals surface area contributed by atoms with Crippen molar-refractivity contribution in [3.8, 4) is 0 Å². The van der Waals surface area contributed by atoms with Gasteiger partial charge in [0.1, 0.15) is 6.04 Å². The fraction of sp³-hybridized carbons (Fsp3) is 0.565. The maximum Gasteiger partial charge on any atom is 0.262 e. The lowest BCUT2D eigenvalue weighted by molar-refractivity contribution is -0.136. The highest BCUT2D eigenvalue weighted by molar-refractivity contribution is 6.24. The van der Waals surface area contributed by atoms with Gasteiger partial charge >= 0.3 is 0 Å². The van der Waals surface area contributed by atoms with Crippen LogP contribution in [0, 0.1) is 0 Å². The summed E-state index contributed by atoms with van der Waals surface area (Å²) in [6, 6.07) is 5.21. The van der Waals surface area contributed by atoms with Crippen molar-refractivity contribution in [2.24, 2.45) is 5.73 Å². The molecule has 3 fully saturated rings. The van der Waals surface area contributed by atoms with Gasteiger partial charge in [0.05, 0.1) is 11.1 Å². The average molecular weight is 440 g/mol. The number of nitrogens with one attached hydrogen (secondary N) is 1. The van der Waals surface area contributed by atoms with E-state index in [0.29, 0.717) is 29.8 Å². The van der Waals surface area contributed by atoms with Gasteiger partial charge in [0.25, 0.3) is 11.8 Å². The van der Waals surface area contributed by atoms with Gasteiger partial charge < -0.3 is 5.73 Å². The predicted octanol–water partition coefficient (Wildman–Crippen LogP) is 0.0852. The van der Waals surface area contributed by atoms with Gasteiger partial charge in [-0.05, 0) is 50.4 Å². The molecule has 2 atom stereocenters. The van der Waals surface area contributed by atoms with Crippen LogP contribution in [0.15, 0.2) is 18.2 Å². The number of benzene rings is 1. The molecule has 170 valence electrons. The van der Waals surface area contributed by atoms with Crippen molar-refractivity contribution in [3.63, 3.8) is 0 Å². The number of rotatable bonds is 4. The molecule has 3 N–H and O–H groups in total. The summed E-state index contributed by atoms with van der Waals surface area (Å²) in [6.07, 6.45) is 3.44. The zero-order valence-corrected chi connectivity index (χ0v) is 18.1. The lowest BCUT2D eigenvalue weighted by Crippen LogP contribution is -2.54. The third-order valence-corrected chi connectivity index (χ3v) is 7.29. The Hall–Kier alpha value is -2.62. The minimum Gasteiger partial charge on any atom is -0.328 e. The number of nitrogens with zero attached hydrogens (tertiary/aromatic N) is 3. The van der Waals surface area contributed by atoms with Crippen LogP contribution in [-0.4, -0.2) is 82.6 Å². The molecule has 9 nitrogen and oxygen atoms in total. The number of hydrogen-bond acceptors (Lipinski definition) is 7. The average Bonchev–Trinajstić information content (AvgIpc) is 3.33. The number of piperidine rings is 2. The Morgan fingerprint density at radius 2 is 1.75 bits per heavy atom. The number of carbonyl (C=O) groups excluding carboxylic acids is 4. The molecule has 4 amide bonds. The fourth-order valence-corrected chi connectivity index (χ4v) is 5.50. The van der Waals surface area contributed by atoms with Gasteiger partial charge in [0.2, 0.25) is 11.8 Å². The molecule has 3 saturated heterocycles. The Bertz CT molecular complexity index is 971. The zero-order valence-electron chi connectivity index (χ0n) is 18.1. The minimum absolute atomic E-state index is 0.118. The van der Waals surface area contributed by atoms with E-state index in [4.69, 9.17) is 5.73 Å². The molecule has 32 heavy (non-hydrogen) atoms. The molecule has 0 radical (unpaired) electrons. The molecular weight excluding hydrogens is 410 g/mol. The van der Waals surface area contributed by atoms with E-state index >= 15 is 0 Å². The summed E-state index contributed by atoms with van der Waals surface area (Å²) in [5, 5.41) is 2.24. The van der Waals surface area contributed by atoms with E-state index < -0.39 is 23.8 Å². The summed E-state index contributed by atoms with van der Waals surface area (Å²) in [4.78, 5) is 56.0. The SMILES string of the molecule is NC1CCN(C2CCN(Cc3cccc4c3C(=O)N(C3CCC(=O)NC3=O)C4=O)C2)CC1. The lowest BCUT2D eigenvalue weighted by Gasteiger charge is -2.34. The van der Waals surface area contributed by atoms with Gasteiger partial charge in [-0.2, -0.15) is 0 Å². The number of carbonyl (C=O) groups is 4. The Morgan fingerprint density at radius 3 is 2.50 bits per heavy atom. The number of fused-ring (bicyclic) bond motifs is 1. The summed E-state index contributed by atoms with van der Waals surface area (Å²) in [7, 11) is 0. The van der Waals surface area contributed by atoms with Gasteiger partial charge in [-0.3, -0.25) is 39.2 Å². The molecule has 0 aromatic heterocycles. The normalized spacial score (nSPS) is 27.8. The van der Waals surface area contributed by atoms with Gasteiger partial charge in [-0.1, -0.05) is 12.1 Å². The molecule has 0 bridgehead atoms. The largest absolute Gasteiger partial charge is 0.328 e. The van der Waals surface area contributed by atoms with Crippen LogP contribution in [-0.2, 0) is 16.1 Å². The number of amides is 4. The van der Waals surface area contributed by atoms with E-state index in [1.165, 1.54) is 0 Å². The summed E-state index contributed by atoms with van der Waals surface area (Å²) in [5.41, 5.74) is 7.60. The first kappa shape index (κ1) is 21.2. The third-order valence-electron chi connectivity index (χ3n) is 7.29. The van der Waals surface area contributed by atoms with Gasteiger partial charge in [0, 0.05) is 38.1 Å². The van der Waals surface area contributed by atoms with Crippen LogP contribution < -0.4 is 11.1 Å².